The summed E-state index contributed by atoms with van der Waals surface area (Å²) in [5.74, 6) is 0. The molecular formula is C4H5BrO. The number of carbonyl (C=O) groups excluding carboxylic acids is 1. The second-order valence-corrected chi connectivity index (χ2v) is 1.77. The van der Waals surface area contributed by atoms with Crippen molar-refractivity contribution in [2.75, 3.05) is 0 Å². The molecule has 0 aromatic carbocycles. The lowest BCUT2D eigenvalue weighted by molar-refractivity contribution is -0.107. The van der Waals surface area contributed by atoms with E-state index < -0.39 is 0 Å². The Morgan fingerprint density at radius 3 is 2.00 bits per heavy atom. The zero-order valence-corrected chi connectivity index (χ0v) is 5.08. The van der Waals surface area contributed by atoms with Crippen molar-refractivity contribution < 1.29 is 4.79 Å². The Morgan fingerprint density at radius 2 is 2.00 bits per heavy atom. The molecule has 0 unspecified atom stereocenters. The van der Waals surface area contributed by atoms with Gasteiger partial charge >= 0.3 is 0 Å². The van der Waals surface area contributed by atoms with Crippen LogP contribution in [0.2, 0.25) is 0 Å². The standard InChI is InChI=1S/C4H5BrO/c1-3(2)4(5)6/h1H2,2H3. The highest BCUT2D eigenvalue weighted by atomic mass is 79.9. The van der Waals surface area contributed by atoms with E-state index in [1.165, 1.54) is 0 Å². The second kappa shape index (κ2) is 2.13. The lowest BCUT2D eigenvalue weighted by atomic mass is 10.4. The van der Waals surface area contributed by atoms with E-state index in [0.717, 1.165) is 0 Å². The van der Waals surface area contributed by atoms with E-state index in [9.17, 15) is 4.79 Å². The molecule has 0 amide bonds. The van der Waals surface area contributed by atoms with Crippen molar-refractivity contribution in [2.45, 2.75) is 6.92 Å². The maximum Gasteiger partial charge on any atom is 0.223 e. The van der Waals surface area contributed by atoms with Gasteiger partial charge in [0.2, 0.25) is 4.69 Å². The predicted molar refractivity (Wildman–Crippen MR) is 28.7 cm³/mol. The van der Waals surface area contributed by atoms with E-state index in [4.69, 9.17) is 0 Å². The van der Waals surface area contributed by atoms with Gasteiger partial charge < -0.3 is 0 Å². The van der Waals surface area contributed by atoms with E-state index in [1.54, 1.807) is 6.92 Å². The quantitative estimate of drug-likeness (QED) is 0.407. The Bertz CT molecular complexity index is 73.5. The molecule has 34 valence electrons. The fraction of sp³-hybridized carbons (Fsp3) is 0.250. The van der Waals surface area contributed by atoms with Gasteiger partial charge in [0, 0.05) is 0 Å². The minimum Gasteiger partial charge on any atom is -0.281 e. The molecule has 0 N–H and O–H groups in total. The van der Waals surface area contributed by atoms with Crippen molar-refractivity contribution in [3.8, 4) is 0 Å². The molecule has 0 aliphatic carbocycles. The third kappa shape index (κ3) is 2.15. The fourth-order valence-corrected chi connectivity index (χ4v) is 0. The summed E-state index contributed by atoms with van der Waals surface area (Å²) in [4.78, 5) is 9.96. The van der Waals surface area contributed by atoms with E-state index in [1.807, 2.05) is 0 Å². The first-order valence-corrected chi connectivity index (χ1v) is 2.29. The number of hydrogen-bond acceptors (Lipinski definition) is 1. The van der Waals surface area contributed by atoms with E-state index >= 15 is 0 Å². The van der Waals surface area contributed by atoms with E-state index in [0.29, 0.717) is 5.57 Å². The molecule has 0 aliphatic heterocycles. The third-order valence-corrected chi connectivity index (χ3v) is 1.01. The maximum atomic E-state index is 9.96. The van der Waals surface area contributed by atoms with Gasteiger partial charge in [0.15, 0.2) is 0 Å². The zero-order chi connectivity index (χ0) is 5.15. The smallest absolute Gasteiger partial charge is 0.223 e. The highest BCUT2D eigenvalue weighted by molar-refractivity contribution is 9.18. The van der Waals surface area contributed by atoms with Crippen LogP contribution in [0, 0.1) is 0 Å². The van der Waals surface area contributed by atoms with Crippen molar-refractivity contribution in [3.63, 3.8) is 0 Å². The first-order chi connectivity index (χ1) is 2.64. The molecule has 6 heavy (non-hydrogen) atoms. The molecule has 0 bridgehead atoms. The Kier molecular flexibility index (Phi) is 2.09. The first kappa shape index (κ1) is 5.89. The summed E-state index contributed by atoms with van der Waals surface area (Å²) in [6, 6.07) is 0. The molecule has 0 aliphatic rings. The molecule has 0 saturated carbocycles. The van der Waals surface area contributed by atoms with Crippen LogP contribution in [0.25, 0.3) is 0 Å². The summed E-state index contributed by atoms with van der Waals surface area (Å²) in [5, 5.41) is 0. The first-order valence-electron chi connectivity index (χ1n) is 1.50. The summed E-state index contributed by atoms with van der Waals surface area (Å²) < 4.78 is -0.123. The Balaban J connectivity index is 3.57. The van der Waals surface area contributed by atoms with Crippen LogP contribution < -0.4 is 0 Å². The lowest BCUT2D eigenvalue weighted by Gasteiger charge is -1.78. The number of carbonyl (C=O) groups is 1. The van der Waals surface area contributed by atoms with Crippen molar-refractivity contribution in [1.82, 2.24) is 0 Å². The molecule has 0 fully saturated rings. The lowest BCUT2D eigenvalue weighted by Crippen LogP contribution is -1.80. The maximum absolute atomic E-state index is 9.96. The highest BCUT2D eigenvalue weighted by Gasteiger charge is 1.89. The number of rotatable bonds is 1. The van der Waals surface area contributed by atoms with Gasteiger partial charge in [-0.05, 0) is 28.4 Å². The number of halogens is 1. The van der Waals surface area contributed by atoms with Crippen LogP contribution in [0.3, 0.4) is 0 Å². The van der Waals surface area contributed by atoms with Gasteiger partial charge in [0.05, 0.1) is 0 Å². The Labute approximate surface area is 45.2 Å². The number of allylic oxidation sites excluding steroid dienone is 1. The average Bonchev–Trinajstić information content (AvgIpc) is 1.36. The van der Waals surface area contributed by atoms with Gasteiger partial charge in [-0.25, -0.2) is 0 Å². The molecule has 0 heterocycles. The molecule has 0 radical (unpaired) electrons. The van der Waals surface area contributed by atoms with Crippen LogP contribution >= 0.6 is 15.9 Å². The van der Waals surface area contributed by atoms with E-state index in [-0.39, 0.29) is 4.69 Å². The highest BCUT2D eigenvalue weighted by Crippen LogP contribution is 1.94. The fourth-order valence-electron chi connectivity index (χ4n) is 0. The second-order valence-electron chi connectivity index (χ2n) is 1.05. The van der Waals surface area contributed by atoms with Crippen molar-refractivity contribution in [1.29, 1.82) is 0 Å². The molecule has 0 spiro atoms. The molecule has 0 atom stereocenters. The van der Waals surface area contributed by atoms with Crippen LogP contribution in [0.1, 0.15) is 6.92 Å². The largest absolute Gasteiger partial charge is 0.281 e. The summed E-state index contributed by atoms with van der Waals surface area (Å²) >= 11 is 2.70. The van der Waals surface area contributed by atoms with Gasteiger partial charge in [0.25, 0.3) is 0 Å². The molecule has 2 heteroatoms. The van der Waals surface area contributed by atoms with Gasteiger partial charge in [-0.3, -0.25) is 4.79 Å². The molecule has 0 aromatic heterocycles. The minimum absolute atomic E-state index is 0.123. The summed E-state index contributed by atoms with van der Waals surface area (Å²) in [5.41, 5.74) is 0.537. The predicted octanol–water partition coefficient (Wildman–Crippen LogP) is 1.48. The van der Waals surface area contributed by atoms with Crippen LogP contribution in [-0.2, 0) is 4.79 Å². The molecule has 0 rings (SSSR count). The van der Waals surface area contributed by atoms with Crippen molar-refractivity contribution in [2.24, 2.45) is 0 Å². The number of hydrogen-bond donors (Lipinski definition) is 0. The van der Waals surface area contributed by atoms with Gasteiger partial charge in [0.1, 0.15) is 0 Å². The van der Waals surface area contributed by atoms with Crippen LogP contribution in [0.5, 0.6) is 0 Å². The zero-order valence-electron chi connectivity index (χ0n) is 3.49. The summed E-state index contributed by atoms with van der Waals surface area (Å²) in [6.45, 7) is 5.01. The van der Waals surface area contributed by atoms with Crippen molar-refractivity contribution in [3.05, 3.63) is 12.2 Å². The molecular weight excluding hydrogens is 144 g/mol. The minimum atomic E-state index is -0.123. The van der Waals surface area contributed by atoms with Gasteiger partial charge in [-0.2, -0.15) is 0 Å². The van der Waals surface area contributed by atoms with Crippen LogP contribution in [0.4, 0.5) is 0 Å². The third-order valence-electron chi connectivity index (χ3n) is 0.336. The molecule has 0 aromatic rings. The monoisotopic (exact) mass is 148 g/mol. The van der Waals surface area contributed by atoms with E-state index in [2.05, 4.69) is 22.5 Å². The Morgan fingerprint density at radius 1 is 1.83 bits per heavy atom. The summed E-state index contributed by atoms with van der Waals surface area (Å²) in [6.07, 6.45) is 0. The Hall–Kier alpha value is -0.110. The van der Waals surface area contributed by atoms with Gasteiger partial charge in [-0.1, -0.05) is 6.58 Å². The summed E-state index contributed by atoms with van der Waals surface area (Å²) in [7, 11) is 0. The topological polar surface area (TPSA) is 17.1 Å². The van der Waals surface area contributed by atoms with Crippen LogP contribution in [0.15, 0.2) is 12.2 Å². The SMILES string of the molecule is C=C(C)C(=O)Br. The normalized spacial score (nSPS) is 7.67. The van der Waals surface area contributed by atoms with Gasteiger partial charge in [-0.15, -0.1) is 0 Å². The molecule has 0 saturated heterocycles. The van der Waals surface area contributed by atoms with Crippen molar-refractivity contribution >= 4 is 20.6 Å². The molecule has 1 nitrogen and oxygen atoms in total. The van der Waals surface area contributed by atoms with Crippen LogP contribution in [-0.4, -0.2) is 4.69 Å². The average molecular weight is 149 g/mol.